The Kier molecular flexibility index (Phi) is 3.25. The Labute approximate surface area is 103 Å². The molecule has 1 aromatic carbocycles. The minimum Gasteiger partial charge on any atom is -0.195 e. The van der Waals surface area contributed by atoms with Gasteiger partial charge in [-0.1, -0.05) is 30.3 Å². The van der Waals surface area contributed by atoms with E-state index in [1.165, 1.54) is 8.61 Å². The zero-order valence-corrected chi connectivity index (χ0v) is 11.2. The van der Waals surface area contributed by atoms with Crippen LogP contribution in [0.4, 0.5) is 0 Å². The molecule has 1 heterocycles. The van der Waals surface area contributed by atoms with Gasteiger partial charge in [0.15, 0.2) is 0 Å². The van der Waals surface area contributed by atoms with Crippen molar-refractivity contribution in [2.75, 3.05) is 14.1 Å². The Balaban J connectivity index is 2.38. The van der Waals surface area contributed by atoms with Gasteiger partial charge in [0.1, 0.15) is 0 Å². The molecule has 0 radical (unpaired) electrons. The van der Waals surface area contributed by atoms with E-state index < -0.39 is 10.2 Å². The molecule has 5 heteroatoms. The molecule has 2 rings (SSSR count). The van der Waals surface area contributed by atoms with Crippen molar-refractivity contribution < 1.29 is 8.42 Å². The predicted molar refractivity (Wildman–Crippen MR) is 67.7 cm³/mol. The Bertz CT molecular complexity index is 486. The van der Waals surface area contributed by atoms with Crippen LogP contribution in [-0.4, -0.2) is 37.2 Å². The highest BCUT2D eigenvalue weighted by atomic mass is 32.2. The van der Waals surface area contributed by atoms with Gasteiger partial charge < -0.3 is 0 Å². The molecule has 17 heavy (non-hydrogen) atoms. The first-order valence-corrected chi connectivity index (χ1v) is 7.10. The summed E-state index contributed by atoms with van der Waals surface area (Å²) in [6.45, 7) is 1.94. The van der Waals surface area contributed by atoms with Gasteiger partial charge >= 0.3 is 0 Å². The molecule has 94 valence electrons. The normalized spacial score (nSPS) is 30.3. The van der Waals surface area contributed by atoms with E-state index in [1.807, 2.05) is 37.3 Å². The molecular weight excluding hydrogens is 236 g/mol. The van der Waals surface area contributed by atoms with E-state index in [9.17, 15) is 8.42 Å². The lowest BCUT2D eigenvalue weighted by Gasteiger charge is -2.40. The van der Waals surface area contributed by atoms with Crippen molar-refractivity contribution in [2.24, 2.45) is 0 Å². The summed E-state index contributed by atoms with van der Waals surface area (Å²) in [7, 11) is -0.0352. The Morgan fingerprint density at radius 1 is 1.12 bits per heavy atom. The summed E-state index contributed by atoms with van der Waals surface area (Å²) in [4.78, 5) is 0. The second-order valence-corrected chi connectivity index (χ2v) is 6.60. The summed E-state index contributed by atoms with van der Waals surface area (Å²) in [5.74, 6) is 0. The molecule has 2 atom stereocenters. The summed E-state index contributed by atoms with van der Waals surface area (Å²) in [5.41, 5.74) is 1.05. The molecule has 0 amide bonds. The second kappa shape index (κ2) is 4.40. The minimum absolute atomic E-state index is 0.0291. The summed E-state index contributed by atoms with van der Waals surface area (Å²) >= 11 is 0. The van der Waals surface area contributed by atoms with Crippen LogP contribution in [0.15, 0.2) is 30.3 Å². The Morgan fingerprint density at radius 2 is 1.71 bits per heavy atom. The lowest BCUT2D eigenvalue weighted by molar-refractivity contribution is 0.218. The quantitative estimate of drug-likeness (QED) is 0.764. The molecule has 4 nitrogen and oxygen atoms in total. The number of nitrogens with zero attached hydrogens (tertiary/aromatic N) is 2. The van der Waals surface area contributed by atoms with Crippen LogP contribution in [0.5, 0.6) is 0 Å². The van der Waals surface area contributed by atoms with Gasteiger partial charge in [0.05, 0.1) is 6.04 Å². The van der Waals surface area contributed by atoms with Gasteiger partial charge in [0.25, 0.3) is 10.2 Å². The molecule has 0 aromatic heterocycles. The Hall–Kier alpha value is -0.910. The average Bonchev–Trinajstić information content (AvgIpc) is 2.33. The third-order valence-electron chi connectivity index (χ3n) is 3.54. The second-order valence-electron chi connectivity index (χ2n) is 4.55. The molecular formula is C12H18N2O2S. The van der Waals surface area contributed by atoms with E-state index in [4.69, 9.17) is 0 Å². The molecule has 1 aliphatic rings. The first kappa shape index (κ1) is 12.5. The van der Waals surface area contributed by atoms with Crippen molar-refractivity contribution in [1.82, 2.24) is 8.61 Å². The highest BCUT2D eigenvalue weighted by Crippen LogP contribution is 2.34. The molecule has 1 fully saturated rings. The van der Waals surface area contributed by atoms with Crippen LogP contribution in [0.1, 0.15) is 24.9 Å². The van der Waals surface area contributed by atoms with Crippen molar-refractivity contribution in [1.29, 1.82) is 0 Å². The highest BCUT2D eigenvalue weighted by Gasteiger charge is 2.39. The van der Waals surface area contributed by atoms with Crippen LogP contribution < -0.4 is 0 Å². The van der Waals surface area contributed by atoms with Crippen LogP contribution in [0, 0.1) is 0 Å². The van der Waals surface area contributed by atoms with Crippen LogP contribution in [-0.2, 0) is 10.2 Å². The number of rotatable bonds is 1. The standard InChI is InChI=1S/C12H18N2O2S/c1-10-9-12(11-7-5-4-6-8-11)14(3)17(15,16)13(10)2/h4-8,10,12H,9H2,1-3H3/t10-,12-/m0/s1. The van der Waals surface area contributed by atoms with Crippen molar-refractivity contribution >= 4 is 10.2 Å². The summed E-state index contributed by atoms with van der Waals surface area (Å²) in [6.07, 6.45) is 0.816. The van der Waals surface area contributed by atoms with Crippen LogP contribution in [0.2, 0.25) is 0 Å². The lowest BCUT2D eigenvalue weighted by Crippen LogP contribution is -2.51. The molecule has 0 aliphatic carbocycles. The van der Waals surface area contributed by atoms with Crippen molar-refractivity contribution in [2.45, 2.75) is 25.4 Å². The van der Waals surface area contributed by atoms with E-state index in [-0.39, 0.29) is 12.1 Å². The largest absolute Gasteiger partial charge is 0.282 e. The molecule has 0 saturated carbocycles. The first-order chi connectivity index (χ1) is 7.94. The summed E-state index contributed by atoms with van der Waals surface area (Å²) in [6, 6.07) is 9.76. The van der Waals surface area contributed by atoms with Crippen LogP contribution in [0.3, 0.4) is 0 Å². The smallest absolute Gasteiger partial charge is 0.195 e. The molecule has 0 unspecified atom stereocenters. The number of hydrogen-bond donors (Lipinski definition) is 0. The van der Waals surface area contributed by atoms with Crippen molar-refractivity contribution in [3.8, 4) is 0 Å². The predicted octanol–water partition coefficient (Wildman–Crippen LogP) is 1.63. The summed E-state index contributed by atoms with van der Waals surface area (Å²) < 4.78 is 27.2. The van der Waals surface area contributed by atoms with E-state index in [0.717, 1.165) is 12.0 Å². The Morgan fingerprint density at radius 3 is 2.29 bits per heavy atom. The van der Waals surface area contributed by atoms with Gasteiger partial charge in [-0.2, -0.15) is 17.0 Å². The topological polar surface area (TPSA) is 40.6 Å². The fraction of sp³-hybridized carbons (Fsp3) is 0.500. The van der Waals surface area contributed by atoms with Crippen molar-refractivity contribution in [3.05, 3.63) is 35.9 Å². The third-order valence-corrected chi connectivity index (χ3v) is 5.61. The fourth-order valence-corrected chi connectivity index (χ4v) is 3.71. The highest BCUT2D eigenvalue weighted by molar-refractivity contribution is 7.86. The fourth-order valence-electron chi connectivity index (χ4n) is 2.23. The maximum atomic E-state index is 12.2. The van der Waals surface area contributed by atoms with Gasteiger partial charge in [-0.25, -0.2) is 0 Å². The maximum absolute atomic E-state index is 12.2. The van der Waals surface area contributed by atoms with E-state index in [1.54, 1.807) is 14.1 Å². The zero-order valence-electron chi connectivity index (χ0n) is 10.4. The molecule has 0 bridgehead atoms. The first-order valence-electron chi connectivity index (χ1n) is 5.70. The molecule has 0 N–H and O–H groups in total. The van der Waals surface area contributed by atoms with Crippen molar-refractivity contribution in [3.63, 3.8) is 0 Å². The van der Waals surface area contributed by atoms with E-state index in [0.29, 0.717) is 0 Å². The van der Waals surface area contributed by atoms with Gasteiger partial charge in [0, 0.05) is 20.1 Å². The minimum atomic E-state index is -3.32. The molecule has 1 aliphatic heterocycles. The number of benzene rings is 1. The van der Waals surface area contributed by atoms with Gasteiger partial charge in [-0.05, 0) is 18.9 Å². The number of hydrogen-bond acceptors (Lipinski definition) is 2. The average molecular weight is 254 g/mol. The summed E-state index contributed by atoms with van der Waals surface area (Å²) in [5, 5.41) is 0. The van der Waals surface area contributed by atoms with Crippen LogP contribution in [0.25, 0.3) is 0 Å². The van der Waals surface area contributed by atoms with E-state index in [2.05, 4.69) is 0 Å². The SMILES string of the molecule is C[C@H]1C[C@@H](c2ccccc2)N(C)S(=O)(=O)N1C. The van der Waals surface area contributed by atoms with Gasteiger partial charge in [0.2, 0.25) is 0 Å². The zero-order chi connectivity index (χ0) is 12.6. The molecule has 1 aromatic rings. The van der Waals surface area contributed by atoms with E-state index >= 15 is 0 Å². The third kappa shape index (κ3) is 2.10. The molecule has 1 saturated heterocycles. The molecule has 0 spiro atoms. The maximum Gasteiger partial charge on any atom is 0.282 e. The van der Waals surface area contributed by atoms with Gasteiger partial charge in [-0.15, -0.1) is 0 Å². The lowest BCUT2D eigenvalue weighted by atomic mass is 10.0. The van der Waals surface area contributed by atoms with Gasteiger partial charge in [-0.3, -0.25) is 0 Å². The monoisotopic (exact) mass is 254 g/mol. The van der Waals surface area contributed by atoms with Crippen LogP contribution >= 0.6 is 0 Å².